The summed E-state index contributed by atoms with van der Waals surface area (Å²) in [6, 6.07) is -2.92. The predicted octanol–water partition coefficient (Wildman–Crippen LogP) is 1.76. The molecule has 0 radical (unpaired) electrons. The molecule has 4 fully saturated rings. The van der Waals surface area contributed by atoms with Gasteiger partial charge in [-0.15, -0.1) is 0 Å². The van der Waals surface area contributed by atoms with Crippen LogP contribution in [-0.4, -0.2) is 257 Å². The van der Waals surface area contributed by atoms with Gasteiger partial charge in [-0.25, -0.2) is 0 Å². The van der Waals surface area contributed by atoms with E-state index in [1.165, 1.54) is 116 Å². The number of ether oxygens (including phenoxy) is 8. The van der Waals surface area contributed by atoms with Crippen molar-refractivity contribution in [2.45, 2.75) is 367 Å². The molecule has 0 aliphatic carbocycles. The Morgan fingerprint density at radius 3 is 1.34 bits per heavy atom. The van der Waals surface area contributed by atoms with Crippen molar-refractivity contribution >= 4 is 11.8 Å². The van der Waals surface area contributed by atoms with Gasteiger partial charge in [0.2, 0.25) is 11.8 Å². The minimum atomic E-state index is -2.10. The average Bonchev–Trinajstić information content (AvgIpc) is 2.73. The molecule has 530 valence electrons. The van der Waals surface area contributed by atoms with E-state index in [-0.39, 0.29) is 12.8 Å². The van der Waals surface area contributed by atoms with Crippen LogP contribution in [0.1, 0.15) is 220 Å². The van der Waals surface area contributed by atoms with Crippen molar-refractivity contribution in [3.05, 3.63) is 0 Å². The molecule has 0 aromatic rings. The van der Waals surface area contributed by atoms with E-state index in [2.05, 4.69) is 24.5 Å². The van der Waals surface area contributed by atoms with E-state index in [4.69, 9.17) is 37.9 Å². The molecule has 4 rings (SSSR count). The lowest BCUT2D eigenvalue weighted by Gasteiger charge is -2.48. The van der Waals surface area contributed by atoms with Crippen LogP contribution in [0.5, 0.6) is 0 Å². The fourth-order valence-electron chi connectivity index (χ4n) is 12.2. The summed E-state index contributed by atoms with van der Waals surface area (Å²) in [4.78, 5) is 26.3. The number of unbranched alkanes of at least 4 members (excludes halogenated alkanes) is 26. The molecule has 24 unspecified atom stereocenters. The van der Waals surface area contributed by atoms with Gasteiger partial charge in [0.25, 0.3) is 0 Å². The third-order valence-electron chi connectivity index (χ3n) is 18.1. The van der Waals surface area contributed by atoms with Gasteiger partial charge in [0.15, 0.2) is 25.2 Å². The molecule has 90 heavy (non-hydrogen) atoms. The zero-order valence-corrected chi connectivity index (χ0v) is 54.2. The largest absolute Gasteiger partial charge is 0.394 e. The summed E-state index contributed by atoms with van der Waals surface area (Å²) in [6.07, 6.45) is -6.02. The van der Waals surface area contributed by atoms with E-state index >= 15 is 0 Å². The van der Waals surface area contributed by atoms with E-state index in [0.717, 1.165) is 64.7 Å². The second-order valence-electron chi connectivity index (χ2n) is 25.7. The lowest BCUT2D eigenvalue weighted by atomic mass is 9.95. The highest BCUT2D eigenvalue weighted by Gasteiger charge is 2.54. The van der Waals surface area contributed by atoms with Gasteiger partial charge >= 0.3 is 0 Å². The number of amides is 2. The normalized spacial score (nSPS) is 33.8. The van der Waals surface area contributed by atoms with Gasteiger partial charge < -0.3 is 120 Å². The summed E-state index contributed by atoms with van der Waals surface area (Å²) in [6.45, 7) is 3.76. The zero-order valence-electron chi connectivity index (χ0n) is 54.2. The van der Waals surface area contributed by atoms with Crippen LogP contribution in [0.15, 0.2) is 0 Å². The standard InChI is InChI=1S/C64H120N2O24/c1-5-7-9-11-13-15-17-18-19-20-21-22-24-26-28-30-32-34-43(71)60(82)66-41(49(73)42(70)33-31-29-27-25-23-16-14-12-10-8-6-2)37-83-64-59(55(79)50(74)44(35-67)87-64)90-63-57(81)54(78)51(75)46(88-63)38-84-61-47(65-40(4)69)58(52(76)45(36-68)86-61)89-62-56(80)53(77)48(72)39(3)85-62/h39,41-59,61-64,67-68,70-81H,5-38H2,1-4H3,(H,65,69)(H,66,82). The number of nitrogens with one attached hydrogen (secondary N) is 2. The molecule has 26 heteroatoms. The van der Waals surface area contributed by atoms with Crippen molar-refractivity contribution in [1.82, 2.24) is 10.6 Å². The molecular weight excluding hydrogens is 1180 g/mol. The maximum Gasteiger partial charge on any atom is 0.249 e. The maximum atomic E-state index is 13.7. The molecule has 26 nitrogen and oxygen atoms in total. The van der Waals surface area contributed by atoms with E-state index in [9.17, 15) is 81.1 Å². The van der Waals surface area contributed by atoms with E-state index < -0.39 is 185 Å². The third-order valence-corrected chi connectivity index (χ3v) is 18.1. The van der Waals surface area contributed by atoms with Crippen LogP contribution in [-0.2, 0) is 47.5 Å². The highest BCUT2D eigenvalue weighted by atomic mass is 16.8. The Balaban J connectivity index is 1.42. The summed E-state index contributed by atoms with van der Waals surface area (Å²) < 4.78 is 47.1. The van der Waals surface area contributed by atoms with E-state index in [1.807, 2.05) is 0 Å². The first-order chi connectivity index (χ1) is 43.2. The fourth-order valence-corrected chi connectivity index (χ4v) is 12.2. The van der Waals surface area contributed by atoms with Crippen molar-refractivity contribution in [1.29, 1.82) is 0 Å². The Labute approximate surface area is 533 Å². The molecule has 0 bridgehead atoms. The molecule has 2 amide bonds. The summed E-state index contributed by atoms with van der Waals surface area (Å²) >= 11 is 0. The van der Waals surface area contributed by atoms with Gasteiger partial charge in [0, 0.05) is 6.92 Å². The monoisotopic (exact) mass is 1300 g/mol. The molecule has 16 N–H and O–H groups in total. The van der Waals surface area contributed by atoms with Crippen LogP contribution in [0.25, 0.3) is 0 Å². The molecule has 24 atom stereocenters. The Hall–Kier alpha value is -1.94. The Kier molecular flexibility index (Phi) is 40.0. The molecule has 4 aliphatic heterocycles. The first-order valence-corrected chi connectivity index (χ1v) is 34.3. The molecule has 0 spiro atoms. The van der Waals surface area contributed by atoms with Crippen LogP contribution in [0.4, 0.5) is 0 Å². The topological polar surface area (TPSA) is 415 Å². The number of hydrogen-bond donors (Lipinski definition) is 16. The number of carbonyl (C=O) groups is 2. The second kappa shape index (κ2) is 44.7. The number of aliphatic hydroxyl groups excluding tert-OH is 14. The first kappa shape index (κ1) is 80.5. The summed E-state index contributed by atoms with van der Waals surface area (Å²) in [7, 11) is 0. The van der Waals surface area contributed by atoms with Crippen LogP contribution >= 0.6 is 0 Å². The lowest BCUT2D eigenvalue weighted by Crippen LogP contribution is -2.68. The Bertz CT molecular complexity index is 1870. The minimum Gasteiger partial charge on any atom is -0.394 e. The summed E-state index contributed by atoms with van der Waals surface area (Å²) in [5.41, 5.74) is 0. The van der Waals surface area contributed by atoms with Gasteiger partial charge in [-0.2, -0.15) is 0 Å². The number of aliphatic hydroxyl groups is 14. The second-order valence-corrected chi connectivity index (χ2v) is 25.7. The molecular formula is C64H120N2O24. The van der Waals surface area contributed by atoms with Gasteiger partial charge in [-0.3, -0.25) is 9.59 Å². The molecule has 0 aromatic carbocycles. The van der Waals surface area contributed by atoms with Gasteiger partial charge in [-0.1, -0.05) is 194 Å². The first-order valence-electron chi connectivity index (χ1n) is 34.3. The van der Waals surface area contributed by atoms with Crippen LogP contribution in [0.2, 0.25) is 0 Å². The van der Waals surface area contributed by atoms with E-state index in [0.29, 0.717) is 12.8 Å². The van der Waals surface area contributed by atoms with Crippen molar-refractivity contribution in [3.8, 4) is 0 Å². The van der Waals surface area contributed by atoms with Gasteiger partial charge in [0.1, 0.15) is 104 Å². The van der Waals surface area contributed by atoms with Gasteiger partial charge in [0.05, 0.1) is 44.7 Å². The van der Waals surface area contributed by atoms with Crippen molar-refractivity contribution in [2.75, 3.05) is 26.4 Å². The third kappa shape index (κ3) is 26.9. The Morgan fingerprint density at radius 2 is 0.856 bits per heavy atom. The molecule has 4 saturated heterocycles. The highest BCUT2D eigenvalue weighted by molar-refractivity contribution is 5.80. The minimum absolute atomic E-state index is 0.124. The van der Waals surface area contributed by atoms with Crippen LogP contribution < -0.4 is 10.6 Å². The van der Waals surface area contributed by atoms with E-state index in [1.54, 1.807) is 0 Å². The van der Waals surface area contributed by atoms with Gasteiger partial charge in [-0.05, 0) is 19.8 Å². The summed E-state index contributed by atoms with van der Waals surface area (Å²) in [5.74, 6) is -1.56. The zero-order chi connectivity index (χ0) is 66.1. The summed E-state index contributed by atoms with van der Waals surface area (Å²) in [5, 5.41) is 159. The lowest BCUT2D eigenvalue weighted by molar-refractivity contribution is -0.373. The Morgan fingerprint density at radius 1 is 0.444 bits per heavy atom. The highest BCUT2D eigenvalue weighted by Crippen LogP contribution is 2.34. The molecule has 0 aromatic heterocycles. The maximum absolute atomic E-state index is 13.7. The number of carbonyl (C=O) groups excluding carboxylic acids is 2. The SMILES string of the molecule is CCCCCCCCCCCCCCCCCCCC(O)C(=O)NC(COC1OC(CO)C(O)C(O)C1OC1OC(COC2OC(CO)C(O)C(OC3OC(C)C(O)C(O)C3O)C2NC(C)=O)C(O)C(O)C1O)C(O)C(O)CCCCCCCCCCCCC. The van der Waals surface area contributed by atoms with Crippen molar-refractivity contribution in [3.63, 3.8) is 0 Å². The quantitative estimate of drug-likeness (QED) is 0.0386. The average molecular weight is 1300 g/mol. The molecule has 4 heterocycles. The fraction of sp³-hybridized carbons (Fsp3) is 0.969. The molecule has 0 saturated carbocycles. The number of rotatable bonds is 47. The van der Waals surface area contributed by atoms with Crippen molar-refractivity contribution < 1.29 is 119 Å². The smallest absolute Gasteiger partial charge is 0.249 e. The number of hydrogen-bond acceptors (Lipinski definition) is 24. The van der Waals surface area contributed by atoms with Crippen LogP contribution in [0.3, 0.4) is 0 Å². The molecule has 4 aliphatic rings. The predicted molar refractivity (Wildman–Crippen MR) is 328 cm³/mol. The van der Waals surface area contributed by atoms with Crippen molar-refractivity contribution in [2.24, 2.45) is 0 Å². The van der Waals surface area contributed by atoms with Crippen LogP contribution in [0, 0.1) is 0 Å².